The molecular formula is C102H60BClN6O8. The third-order valence-corrected chi connectivity index (χ3v) is 22.1. The SMILES string of the molecule is Clc1nc(-c2ccc3c(c2)oc2ccccc23)nc(-c2ccc3c(c2)oc2cccc(-c4ccccc4)c23)n1.OB(O)c1cccc(-c2cccc3c2oc2ccccc23)c1.c1ccc(-c2cccc3oc4cc(-c5nc(-c6cccc(-c7cccc8c7oc7ccccc78)c6)nc(-c6ccc7c(c6)oc6ccccc67)n5)ccc4c23)cc1. The fourth-order valence-electron chi connectivity index (χ4n) is 16.4. The highest BCUT2D eigenvalue weighted by atomic mass is 35.5. The minimum atomic E-state index is -1.48. The van der Waals surface area contributed by atoms with Gasteiger partial charge in [-0.2, -0.15) is 9.97 Å². The fourth-order valence-corrected chi connectivity index (χ4v) is 16.5. The summed E-state index contributed by atoms with van der Waals surface area (Å²) >= 11 is 6.39. The molecule has 0 aliphatic carbocycles. The molecule has 0 aliphatic rings. The van der Waals surface area contributed by atoms with E-state index in [2.05, 4.69) is 137 Å². The number of rotatable bonds is 10. The van der Waals surface area contributed by atoms with Crippen molar-refractivity contribution in [3.63, 3.8) is 0 Å². The van der Waals surface area contributed by atoms with Crippen LogP contribution in [-0.2, 0) is 0 Å². The van der Waals surface area contributed by atoms with Crippen molar-refractivity contribution >= 4 is 156 Å². The molecule has 14 nitrogen and oxygen atoms in total. The Morgan fingerprint density at radius 2 is 0.492 bits per heavy atom. The number of furan rings is 6. The van der Waals surface area contributed by atoms with Crippen LogP contribution in [0.5, 0.6) is 0 Å². The molecule has 0 radical (unpaired) electrons. The van der Waals surface area contributed by atoms with Crippen LogP contribution in [0.25, 0.3) is 233 Å². The standard InChI is InChI=1S/C51H29N3O3.C33H18ClN3O2.C18H13BO3/c1-2-11-30(12-3-1)35-17-10-22-44-47(35)41-26-24-34(29-46(41)56-44)51-53-49(52-50(54-51)33-23-25-39-37-15-4-6-20-42(37)55-45(39)28-33)32-14-8-13-31(27-32)36-18-9-19-40-38-16-5-7-21-43(38)57-48(36)40;34-33-36-31(20-13-15-24-23-9-4-5-11-26(23)38-28(24)17-20)35-32(37-33)21-14-16-25-29(18-21)39-27-12-6-10-22(30(25)27)19-7-2-1-3-8-19;20-19(21)13-6-3-5-12(11-13)14-8-4-9-16-15-7-1-2-10-17(15)22-18(14)16/h1-29H;1-18H;1-11,20-21H. The third kappa shape index (κ3) is 12.3. The lowest BCUT2D eigenvalue weighted by Gasteiger charge is -2.10. The summed E-state index contributed by atoms with van der Waals surface area (Å²) in [5.41, 5.74) is 22.7. The number of hydrogen-bond donors (Lipinski definition) is 2. The second-order valence-corrected chi connectivity index (χ2v) is 29.4. The Labute approximate surface area is 676 Å². The van der Waals surface area contributed by atoms with Crippen LogP contribution in [0.1, 0.15) is 0 Å². The summed E-state index contributed by atoms with van der Waals surface area (Å²) in [5, 5.41) is 31.6. The molecule has 0 amide bonds. The first-order valence-corrected chi connectivity index (χ1v) is 39.0. The Morgan fingerprint density at radius 1 is 0.203 bits per heavy atom. The van der Waals surface area contributed by atoms with E-state index in [-0.39, 0.29) is 5.28 Å². The van der Waals surface area contributed by atoms with E-state index in [1.807, 2.05) is 212 Å². The second kappa shape index (κ2) is 28.6. The molecule has 0 aliphatic heterocycles. The number of aromatic nitrogens is 6. The normalized spacial score (nSPS) is 11.7. The lowest BCUT2D eigenvalue weighted by molar-refractivity contribution is 0.426. The Hall–Kier alpha value is -15.4. The van der Waals surface area contributed by atoms with Crippen molar-refractivity contribution in [2.45, 2.75) is 0 Å². The average molecular weight is 1540 g/mol. The first-order valence-electron chi connectivity index (χ1n) is 38.6. The van der Waals surface area contributed by atoms with Gasteiger partial charge in [-0.3, -0.25) is 0 Å². The van der Waals surface area contributed by atoms with E-state index in [9.17, 15) is 10.0 Å². The molecule has 24 aromatic rings. The van der Waals surface area contributed by atoms with Crippen LogP contribution < -0.4 is 5.46 Å². The molecule has 8 heterocycles. The van der Waals surface area contributed by atoms with Crippen molar-refractivity contribution in [2.75, 3.05) is 0 Å². The van der Waals surface area contributed by atoms with Crippen LogP contribution in [0.15, 0.2) is 378 Å². The molecule has 16 aromatic carbocycles. The van der Waals surface area contributed by atoms with Gasteiger partial charge in [-0.15, -0.1) is 0 Å². The van der Waals surface area contributed by atoms with Gasteiger partial charge in [-0.25, -0.2) is 19.9 Å². The summed E-state index contributed by atoms with van der Waals surface area (Å²) in [6.45, 7) is 0. The smallest absolute Gasteiger partial charge is 0.456 e. The zero-order chi connectivity index (χ0) is 78.5. The highest BCUT2D eigenvalue weighted by Crippen LogP contribution is 2.44. The van der Waals surface area contributed by atoms with Crippen molar-refractivity contribution in [2.24, 2.45) is 0 Å². The number of halogens is 1. The molecule has 0 fully saturated rings. The largest absolute Gasteiger partial charge is 0.488 e. The molecule has 0 unspecified atom stereocenters. The molecule has 118 heavy (non-hydrogen) atoms. The Balaban J connectivity index is 0.000000118. The van der Waals surface area contributed by atoms with Gasteiger partial charge >= 0.3 is 7.12 Å². The predicted octanol–water partition coefficient (Wildman–Crippen LogP) is 26.2. The Bertz CT molecular complexity index is 8110. The maximum absolute atomic E-state index is 9.35. The summed E-state index contributed by atoms with van der Waals surface area (Å²) in [5.74, 6) is 2.58. The van der Waals surface area contributed by atoms with E-state index >= 15 is 0 Å². The zero-order valence-electron chi connectivity index (χ0n) is 62.5. The molecule has 0 saturated carbocycles. The maximum atomic E-state index is 9.35. The molecule has 0 saturated heterocycles. The molecule has 2 N–H and O–H groups in total. The fraction of sp³-hybridized carbons (Fsp3) is 0. The highest BCUT2D eigenvalue weighted by Gasteiger charge is 2.23. The third-order valence-electron chi connectivity index (χ3n) is 21.9. The summed E-state index contributed by atoms with van der Waals surface area (Å²) in [6, 6.07) is 117. The molecule has 0 atom stereocenters. The van der Waals surface area contributed by atoms with E-state index < -0.39 is 7.12 Å². The molecule has 556 valence electrons. The Kier molecular flexibility index (Phi) is 16.8. The highest BCUT2D eigenvalue weighted by molar-refractivity contribution is 6.58. The van der Waals surface area contributed by atoms with Crippen molar-refractivity contribution in [1.82, 2.24) is 29.9 Å². The molecule has 8 aromatic heterocycles. The Morgan fingerprint density at radius 3 is 0.932 bits per heavy atom. The van der Waals surface area contributed by atoms with E-state index in [1.165, 1.54) is 0 Å². The number of hydrogen-bond acceptors (Lipinski definition) is 14. The number of fused-ring (bicyclic) bond motifs is 18. The predicted molar refractivity (Wildman–Crippen MR) is 474 cm³/mol. The van der Waals surface area contributed by atoms with Gasteiger partial charge in [-0.05, 0) is 141 Å². The lowest BCUT2D eigenvalue weighted by Crippen LogP contribution is -2.29. The van der Waals surface area contributed by atoms with Gasteiger partial charge in [0, 0.05) is 104 Å². The molecule has 24 rings (SSSR count). The second-order valence-electron chi connectivity index (χ2n) is 29.0. The van der Waals surface area contributed by atoms with Crippen molar-refractivity contribution in [3.8, 4) is 101 Å². The zero-order valence-corrected chi connectivity index (χ0v) is 63.2. The topological polar surface area (TPSA) is 197 Å². The van der Waals surface area contributed by atoms with Crippen LogP contribution in [0.3, 0.4) is 0 Å². The molecular weight excluding hydrogens is 1480 g/mol. The van der Waals surface area contributed by atoms with Gasteiger partial charge in [0.25, 0.3) is 0 Å². The number of para-hydroxylation sites is 6. The van der Waals surface area contributed by atoms with Gasteiger partial charge in [0.1, 0.15) is 67.0 Å². The van der Waals surface area contributed by atoms with Crippen molar-refractivity contribution < 1.29 is 36.6 Å². The molecule has 0 spiro atoms. The van der Waals surface area contributed by atoms with Crippen LogP contribution in [0, 0.1) is 0 Å². The maximum Gasteiger partial charge on any atom is 0.488 e. The minimum absolute atomic E-state index is 0.121. The summed E-state index contributed by atoms with van der Waals surface area (Å²) in [7, 11) is -1.48. The first-order chi connectivity index (χ1) is 58.2. The number of benzene rings is 16. The van der Waals surface area contributed by atoms with Crippen LogP contribution in [-0.4, -0.2) is 47.1 Å². The first kappa shape index (κ1) is 69.3. The van der Waals surface area contributed by atoms with E-state index in [0.717, 1.165) is 204 Å². The molecule has 16 heteroatoms. The van der Waals surface area contributed by atoms with E-state index in [4.69, 9.17) is 58.0 Å². The summed E-state index contributed by atoms with van der Waals surface area (Å²) in [4.78, 5) is 29.0. The van der Waals surface area contributed by atoms with Crippen LogP contribution in [0.4, 0.5) is 0 Å². The average Bonchev–Trinajstić information content (AvgIpc) is 1.64. The van der Waals surface area contributed by atoms with Crippen LogP contribution >= 0.6 is 11.6 Å². The van der Waals surface area contributed by atoms with Gasteiger partial charge < -0.3 is 36.6 Å². The quantitative estimate of drug-likeness (QED) is 0.123. The summed E-state index contributed by atoms with van der Waals surface area (Å²) < 4.78 is 37.6. The van der Waals surface area contributed by atoms with Crippen molar-refractivity contribution in [1.29, 1.82) is 0 Å². The van der Waals surface area contributed by atoms with Gasteiger partial charge in [-0.1, -0.05) is 261 Å². The van der Waals surface area contributed by atoms with Crippen LogP contribution in [0.2, 0.25) is 5.28 Å². The monoisotopic (exact) mass is 1540 g/mol. The van der Waals surface area contributed by atoms with Gasteiger partial charge in [0.2, 0.25) is 5.28 Å². The van der Waals surface area contributed by atoms with E-state index in [0.29, 0.717) is 34.6 Å². The van der Waals surface area contributed by atoms with Crippen molar-refractivity contribution in [3.05, 3.63) is 357 Å². The lowest BCUT2D eigenvalue weighted by atomic mass is 9.79. The molecule has 0 bridgehead atoms. The number of nitrogens with zero attached hydrogens (tertiary/aromatic N) is 6. The minimum Gasteiger partial charge on any atom is -0.456 e. The van der Waals surface area contributed by atoms with Gasteiger partial charge in [0.15, 0.2) is 29.1 Å². The van der Waals surface area contributed by atoms with Gasteiger partial charge in [0.05, 0.1) is 0 Å². The van der Waals surface area contributed by atoms with E-state index in [1.54, 1.807) is 12.1 Å². The summed E-state index contributed by atoms with van der Waals surface area (Å²) in [6.07, 6.45) is 0.